The maximum Gasteiger partial charge on any atom is 0.159 e. The molecule has 1 fully saturated rings. The van der Waals surface area contributed by atoms with Gasteiger partial charge in [0.2, 0.25) is 0 Å². The predicted octanol–water partition coefficient (Wildman–Crippen LogP) is 3.50. The number of carbonyl (C=O) groups is 1. The van der Waals surface area contributed by atoms with E-state index in [0.29, 0.717) is 19.6 Å². The number of hydrogen-bond acceptors (Lipinski definition) is 4. The molecule has 0 aromatic heterocycles. The third-order valence-corrected chi connectivity index (χ3v) is 5.50. The molecule has 1 aliphatic rings. The summed E-state index contributed by atoms with van der Waals surface area (Å²) in [7, 11) is 4.14. The van der Waals surface area contributed by atoms with E-state index in [4.69, 9.17) is 4.74 Å². The van der Waals surface area contributed by atoms with Gasteiger partial charge in [0.05, 0.1) is 19.3 Å². The molecule has 4 nitrogen and oxygen atoms in total. The van der Waals surface area contributed by atoms with E-state index in [1.165, 1.54) is 0 Å². The molecule has 2 atom stereocenters. The number of Topliss-reactive ketones (excluding diaryl/α,β-unsaturated/α-hetero) is 1. The Kier molecular flexibility index (Phi) is 6.42. The minimum Gasteiger partial charge on any atom is -0.379 e. The number of hydrogen-bond donors (Lipinski definition) is 0. The van der Waals surface area contributed by atoms with Crippen LogP contribution in [0, 0.1) is 0 Å². The Labute approximate surface area is 162 Å². The molecule has 0 amide bonds. The van der Waals surface area contributed by atoms with Crippen molar-refractivity contribution in [2.75, 3.05) is 40.4 Å². The van der Waals surface area contributed by atoms with Crippen LogP contribution >= 0.6 is 0 Å². The zero-order chi connectivity index (χ0) is 19.3. The number of ether oxygens (including phenoxy) is 1. The fourth-order valence-corrected chi connectivity index (χ4v) is 4.43. The van der Waals surface area contributed by atoms with E-state index < -0.39 is 5.54 Å². The lowest BCUT2D eigenvalue weighted by molar-refractivity contribution is -0.142. The van der Waals surface area contributed by atoms with Gasteiger partial charge in [0, 0.05) is 19.5 Å². The van der Waals surface area contributed by atoms with Gasteiger partial charge in [-0.1, -0.05) is 67.6 Å². The number of rotatable bonds is 7. The first-order chi connectivity index (χ1) is 13.1. The van der Waals surface area contributed by atoms with Crippen LogP contribution < -0.4 is 0 Å². The van der Waals surface area contributed by atoms with Gasteiger partial charge in [-0.3, -0.25) is 14.6 Å². The first-order valence-corrected chi connectivity index (χ1v) is 9.75. The fourth-order valence-electron chi connectivity index (χ4n) is 4.43. The van der Waals surface area contributed by atoms with Crippen molar-refractivity contribution in [2.24, 2.45) is 0 Å². The van der Waals surface area contributed by atoms with Gasteiger partial charge in [-0.2, -0.15) is 0 Å². The molecule has 27 heavy (non-hydrogen) atoms. The molecule has 1 heterocycles. The summed E-state index contributed by atoms with van der Waals surface area (Å²) in [6, 6.07) is 20.6. The molecule has 144 valence electrons. The average Bonchev–Trinajstić information content (AvgIpc) is 2.73. The van der Waals surface area contributed by atoms with Crippen LogP contribution in [0.4, 0.5) is 0 Å². The Balaban J connectivity index is 2.28. The second kappa shape index (κ2) is 8.79. The average molecular weight is 367 g/mol. The molecular formula is C23H30N2O2. The molecule has 0 bridgehead atoms. The van der Waals surface area contributed by atoms with Crippen molar-refractivity contribution >= 4 is 5.78 Å². The van der Waals surface area contributed by atoms with Crippen LogP contribution in [0.2, 0.25) is 0 Å². The van der Waals surface area contributed by atoms with E-state index in [9.17, 15) is 4.79 Å². The van der Waals surface area contributed by atoms with Gasteiger partial charge >= 0.3 is 0 Å². The number of nitrogens with zero attached hydrogens (tertiary/aromatic N) is 2. The van der Waals surface area contributed by atoms with E-state index >= 15 is 0 Å². The summed E-state index contributed by atoms with van der Waals surface area (Å²) in [6.07, 6.45) is 0.490. The number of morpholine rings is 1. The Morgan fingerprint density at radius 1 is 1.04 bits per heavy atom. The van der Waals surface area contributed by atoms with Crippen LogP contribution in [-0.2, 0) is 15.1 Å². The highest BCUT2D eigenvalue weighted by molar-refractivity contribution is 5.90. The quantitative estimate of drug-likeness (QED) is 0.751. The van der Waals surface area contributed by atoms with Crippen molar-refractivity contribution < 1.29 is 9.53 Å². The zero-order valence-electron chi connectivity index (χ0n) is 16.6. The van der Waals surface area contributed by atoms with Crippen LogP contribution in [0.3, 0.4) is 0 Å². The topological polar surface area (TPSA) is 32.8 Å². The summed E-state index contributed by atoms with van der Waals surface area (Å²) in [5.74, 6) is 0.248. The molecule has 2 aromatic carbocycles. The van der Waals surface area contributed by atoms with Crippen LogP contribution in [0.1, 0.15) is 30.5 Å². The summed E-state index contributed by atoms with van der Waals surface area (Å²) in [6.45, 7) is 4.77. The number of carbonyl (C=O) groups excluding carboxylic acids is 1. The Morgan fingerprint density at radius 3 is 2.11 bits per heavy atom. The van der Waals surface area contributed by atoms with Gasteiger partial charge in [0.25, 0.3) is 0 Å². The van der Waals surface area contributed by atoms with Crippen LogP contribution in [0.5, 0.6) is 0 Å². The highest BCUT2D eigenvalue weighted by Gasteiger charge is 2.52. The molecule has 0 spiro atoms. The van der Waals surface area contributed by atoms with Crippen molar-refractivity contribution in [3.8, 4) is 0 Å². The van der Waals surface area contributed by atoms with E-state index in [1.54, 1.807) is 0 Å². The van der Waals surface area contributed by atoms with Gasteiger partial charge in [-0.05, 0) is 25.2 Å². The van der Waals surface area contributed by atoms with Crippen LogP contribution in [0.15, 0.2) is 60.7 Å². The van der Waals surface area contributed by atoms with E-state index in [0.717, 1.165) is 24.2 Å². The van der Waals surface area contributed by atoms with Gasteiger partial charge in [-0.25, -0.2) is 0 Å². The summed E-state index contributed by atoms with van der Waals surface area (Å²) in [4.78, 5) is 18.3. The predicted molar refractivity (Wildman–Crippen MR) is 109 cm³/mol. The molecule has 1 aliphatic heterocycles. The van der Waals surface area contributed by atoms with Crippen molar-refractivity contribution in [3.63, 3.8) is 0 Å². The standard InChI is InChI=1S/C23H30N2O2/c1-4-21(26)23(20-13-9-6-10-14-20,25-15-17-27-18-16-25)22(24(2)3)19-11-7-5-8-12-19/h5-14,22H,4,15-18H2,1-3H3. The minimum atomic E-state index is -0.745. The largest absolute Gasteiger partial charge is 0.379 e. The highest BCUT2D eigenvalue weighted by Crippen LogP contribution is 2.45. The normalized spacial score (nSPS) is 18.8. The van der Waals surface area contributed by atoms with Crippen molar-refractivity contribution in [1.29, 1.82) is 0 Å². The Morgan fingerprint density at radius 2 is 1.59 bits per heavy atom. The Hall–Kier alpha value is -2.01. The molecule has 0 saturated carbocycles. The number of ketones is 1. The first kappa shape index (κ1) is 19.7. The first-order valence-electron chi connectivity index (χ1n) is 9.75. The molecule has 1 saturated heterocycles. The lowest BCUT2D eigenvalue weighted by Gasteiger charge is -2.51. The highest BCUT2D eigenvalue weighted by atomic mass is 16.5. The molecule has 4 heteroatoms. The zero-order valence-corrected chi connectivity index (χ0v) is 16.6. The lowest BCUT2D eigenvalue weighted by atomic mass is 9.73. The van der Waals surface area contributed by atoms with Crippen molar-refractivity contribution in [1.82, 2.24) is 9.80 Å². The summed E-state index contributed by atoms with van der Waals surface area (Å²) < 4.78 is 5.62. The maximum absolute atomic E-state index is 13.7. The van der Waals surface area contributed by atoms with Gasteiger partial charge < -0.3 is 4.74 Å². The number of benzene rings is 2. The van der Waals surface area contributed by atoms with Crippen molar-refractivity contribution in [2.45, 2.75) is 24.9 Å². The van der Waals surface area contributed by atoms with E-state index in [1.807, 2.05) is 31.2 Å². The van der Waals surface area contributed by atoms with Crippen LogP contribution in [-0.4, -0.2) is 56.0 Å². The minimum absolute atomic E-state index is 0.0911. The Bertz CT molecular complexity index is 727. The summed E-state index contributed by atoms with van der Waals surface area (Å²) in [5.41, 5.74) is 1.46. The molecule has 2 unspecified atom stereocenters. The third-order valence-electron chi connectivity index (χ3n) is 5.50. The monoisotopic (exact) mass is 366 g/mol. The second-order valence-electron chi connectivity index (χ2n) is 7.29. The smallest absolute Gasteiger partial charge is 0.159 e. The van der Waals surface area contributed by atoms with Gasteiger partial charge in [-0.15, -0.1) is 0 Å². The lowest BCUT2D eigenvalue weighted by Crippen LogP contribution is -2.61. The maximum atomic E-state index is 13.7. The van der Waals surface area contributed by atoms with Crippen molar-refractivity contribution in [3.05, 3.63) is 71.8 Å². The summed E-state index contributed by atoms with van der Waals surface area (Å²) >= 11 is 0. The molecule has 0 aliphatic carbocycles. The SMILES string of the molecule is CCC(=O)C(c1ccccc1)(C(c1ccccc1)N(C)C)N1CCOCC1. The fraction of sp³-hybridized carbons (Fsp3) is 0.435. The molecule has 0 radical (unpaired) electrons. The van der Waals surface area contributed by atoms with E-state index in [2.05, 4.69) is 60.3 Å². The molecule has 2 aromatic rings. The molecule has 0 N–H and O–H groups in total. The van der Waals surface area contributed by atoms with E-state index in [-0.39, 0.29) is 11.8 Å². The van der Waals surface area contributed by atoms with Gasteiger partial charge in [0.15, 0.2) is 5.78 Å². The summed E-state index contributed by atoms with van der Waals surface area (Å²) in [5, 5.41) is 0. The van der Waals surface area contributed by atoms with Crippen LogP contribution in [0.25, 0.3) is 0 Å². The van der Waals surface area contributed by atoms with Gasteiger partial charge in [0.1, 0.15) is 5.54 Å². The molecular weight excluding hydrogens is 336 g/mol. The molecule has 3 rings (SSSR count). The third kappa shape index (κ3) is 3.70. The number of likely N-dealkylation sites (N-methyl/N-ethyl adjacent to an activating group) is 1. The second-order valence-corrected chi connectivity index (χ2v) is 7.29.